The van der Waals surface area contributed by atoms with Gasteiger partial charge in [0.2, 0.25) is 0 Å². The summed E-state index contributed by atoms with van der Waals surface area (Å²) in [6.07, 6.45) is 3.42. The monoisotopic (exact) mass is 380 g/mol. The predicted octanol–water partition coefficient (Wildman–Crippen LogP) is 0.0555. The molecule has 0 radical (unpaired) electrons. The van der Waals surface area contributed by atoms with Gasteiger partial charge in [-0.25, -0.2) is 9.78 Å². The van der Waals surface area contributed by atoms with Crippen LogP contribution in [-0.4, -0.2) is 49.2 Å². The lowest BCUT2D eigenvalue weighted by molar-refractivity contribution is -0.919. The maximum atomic E-state index is 12.7. The van der Waals surface area contributed by atoms with Crippen molar-refractivity contribution in [1.29, 1.82) is 0 Å². The van der Waals surface area contributed by atoms with E-state index >= 15 is 0 Å². The van der Waals surface area contributed by atoms with E-state index in [1.807, 2.05) is 0 Å². The number of thiophene rings is 1. The zero-order chi connectivity index (χ0) is 18.7. The summed E-state index contributed by atoms with van der Waals surface area (Å²) in [6, 6.07) is 0. The maximum Gasteiger partial charge on any atom is 0.348 e. The molecule has 8 nitrogen and oxygen atoms in total. The Kier molecular flexibility index (Phi) is 5.67. The molecule has 0 unspecified atom stereocenters. The smallest absolute Gasteiger partial charge is 0.348 e. The number of methoxy groups -OCH3 is 2. The Morgan fingerprint density at radius 2 is 1.92 bits per heavy atom. The number of quaternary nitrogens is 1. The summed E-state index contributed by atoms with van der Waals surface area (Å²) < 4.78 is 9.47. The first-order chi connectivity index (χ1) is 12.5. The van der Waals surface area contributed by atoms with E-state index in [0.717, 1.165) is 24.4 Å². The molecule has 3 rings (SSSR count). The topological polar surface area (TPSA) is 103 Å². The summed E-state index contributed by atoms with van der Waals surface area (Å²) in [4.78, 5) is 45.9. The Hall–Kier alpha value is -2.26. The number of carbonyl (C=O) groups is 2. The number of H-pyrrole nitrogens is 1. The van der Waals surface area contributed by atoms with Gasteiger partial charge in [0.1, 0.15) is 16.3 Å². The van der Waals surface area contributed by atoms with Gasteiger partial charge < -0.3 is 19.4 Å². The van der Waals surface area contributed by atoms with Crippen molar-refractivity contribution in [3.8, 4) is 0 Å². The summed E-state index contributed by atoms with van der Waals surface area (Å²) in [6.45, 7) is 2.77. The number of nitrogens with zero attached hydrogens (tertiary/aromatic N) is 1. The SMILES string of the molecule is COC(=O)Cc1c(C(=O)OC)sc2nc(C[NH+]3CCCCC3)[nH]c(=O)c12. The molecule has 26 heavy (non-hydrogen) atoms. The van der Waals surface area contributed by atoms with E-state index < -0.39 is 11.9 Å². The zero-order valence-electron chi connectivity index (χ0n) is 14.8. The number of fused-ring (bicyclic) bond motifs is 1. The molecule has 2 N–H and O–H groups in total. The third-order valence-corrected chi connectivity index (χ3v) is 5.71. The van der Waals surface area contributed by atoms with Gasteiger partial charge >= 0.3 is 11.9 Å². The molecule has 0 spiro atoms. The molecule has 0 bridgehead atoms. The minimum atomic E-state index is -0.588. The number of piperidine rings is 1. The van der Waals surface area contributed by atoms with Crippen molar-refractivity contribution in [3.63, 3.8) is 0 Å². The van der Waals surface area contributed by atoms with E-state index in [0.29, 0.717) is 22.8 Å². The van der Waals surface area contributed by atoms with Crippen LogP contribution in [0.15, 0.2) is 4.79 Å². The number of ether oxygens (including phenoxy) is 2. The van der Waals surface area contributed by atoms with Gasteiger partial charge in [-0.05, 0) is 19.3 Å². The second kappa shape index (κ2) is 7.96. The lowest BCUT2D eigenvalue weighted by Gasteiger charge is -2.22. The average Bonchev–Trinajstić information content (AvgIpc) is 3.00. The Labute approximate surface area is 154 Å². The van der Waals surface area contributed by atoms with Crippen LogP contribution in [0.3, 0.4) is 0 Å². The van der Waals surface area contributed by atoms with Crippen LogP contribution in [0.4, 0.5) is 0 Å². The summed E-state index contributed by atoms with van der Waals surface area (Å²) in [5.74, 6) is -0.521. The van der Waals surface area contributed by atoms with E-state index in [-0.39, 0.29) is 22.2 Å². The number of rotatable bonds is 5. The van der Waals surface area contributed by atoms with Crippen LogP contribution in [-0.2, 0) is 27.2 Å². The van der Waals surface area contributed by atoms with Crippen molar-refractivity contribution in [3.05, 3.63) is 26.6 Å². The molecule has 0 saturated carbocycles. The van der Waals surface area contributed by atoms with Gasteiger partial charge in [-0.1, -0.05) is 0 Å². The second-order valence-electron chi connectivity index (χ2n) is 6.33. The lowest BCUT2D eigenvalue weighted by Crippen LogP contribution is -3.11. The molecular weight excluding hydrogens is 358 g/mol. The molecule has 2 aromatic heterocycles. The maximum absolute atomic E-state index is 12.7. The van der Waals surface area contributed by atoms with Gasteiger partial charge in [0.15, 0.2) is 5.82 Å². The average molecular weight is 380 g/mol. The van der Waals surface area contributed by atoms with Crippen LogP contribution in [0.2, 0.25) is 0 Å². The standard InChI is InChI=1S/C17H21N3O5S/c1-24-12(21)8-10-13-15(22)18-11(9-20-6-4-3-5-7-20)19-16(13)26-14(10)17(23)25-2/h3-9H2,1-2H3,(H,18,19,22)/p+1. The molecule has 2 aromatic rings. The Bertz CT molecular complexity index is 882. The molecule has 0 aliphatic carbocycles. The third-order valence-electron chi connectivity index (χ3n) is 4.61. The molecule has 3 heterocycles. The molecule has 0 atom stereocenters. The van der Waals surface area contributed by atoms with Crippen molar-refractivity contribution < 1.29 is 24.0 Å². The van der Waals surface area contributed by atoms with Gasteiger partial charge in [-0.2, -0.15) is 0 Å². The van der Waals surface area contributed by atoms with Crippen molar-refractivity contribution in [1.82, 2.24) is 9.97 Å². The highest BCUT2D eigenvalue weighted by molar-refractivity contribution is 7.20. The lowest BCUT2D eigenvalue weighted by atomic mass is 10.1. The quantitative estimate of drug-likeness (QED) is 0.711. The highest BCUT2D eigenvalue weighted by Crippen LogP contribution is 2.29. The van der Waals surface area contributed by atoms with E-state index in [1.165, 1.54) is 38.4 Å². The summed E-state index contributed by atoms with van der Waals surface area (Å²) in [7, 11) is 2.52. The van der Waals surface area contributed by atoms with Gasteiger partial charge in [0.25, 0.3) is 5.56 Å². The van der Waals surface area contributed by atoms with Crippen LogP contribution in [0.5, 0.6) is 0 Å². The van der Waals surface area contributed by atoms with Gasteiger partial charge in [0, 0.05) is 5.56 Å². The predicted molar refractivity (Wildman–Crippen MR) is 95.6 cm³/mol. The number of hydrogen-bond acceptors (Lipinski definition) is 7. The second-order valence-corrected chi connectivity index (χ2v) is 7.33. The molecule has 0 amide bonds. The molecule has 140 valence electrons. The fourth-order valence-corrected chi connectivity index (χ4v) is 4.43. The number of carbonyl (C=O) groups excluding carboxylic acids is 2. The number of nitrogens with one attached hydrogen (secondary N) is 2. The van der Waals surface area contributed by atoms with Crippen molar-refractivity contribution >= 4 is 33.5 Å². The first-order valence-corrected chi connectivity index (χ1v) is 9.38. The van der Waals surface area contributed by atoms with Gasteiger partial charge in [-0.3, -0.25) is 9.59 Å². The summed E-state index contributed by atoms with van der Waals surface area (Å²) in [5.41, 5.74) is -0.0268. The zero-order valence-corrected chi connectivity index (χ0v) is 15.7. The Morgan fingerprint density at radius 1 is 1.19 bits per heavy atom. The summed E-state index contributed by atoms with van der Waals surface area (Å²) in [5, 5.41) is 0.262. The van der Waals surface area contributed by atoms with Crippen LogP contribution >= 0.6 is 11.3 Å². The molecule has 1 fully saturated rings. The van der Waals surface area contributed by atoms with E-state index in [2.05, 4.69) is 14.7 Å². The van der Waals surface area contributed by atoms with Gasteiger partial charge in [0.05, 0.1) is 39.1 Å². The highest BCUT2D eigenvalue weighted by Gasteiger charge is 2.25. The van der Waals surface area contributed by atoms with E-state index in [1.54, 1.807) is 0 Å². The van der Waals surface area contributed by atoms with Crippen LogP contribution in [0.1, 0.15) is 40.3 Å². The largest absolute Gasteiger partial charge is 0.469 e. The fourth-order valence-electron chi connectivity index (χ4n) is 3.30. The van der Waals surface area contributed by atoms with Crippen molar-refractivity contribution in [2.75, 3.05) is 27.3 Å². The fraction of sp³-hybridized carbons (Fsp3) is 0.529. The Morgan fingerprint density at radius 3 is 2.58 bits per heavy atom. The Balaban J connectivity index is 2.03. The number of esters is 2. The third kappa shape index (κ3) is 3.78. The van der Waals surface area contributed by atoms with Crippen LogP contribution in [0.25, 0.3) is 10.2 Å². The van der Waals surface area contributed by atoms with Crippen LogP contribution < -0.4 is 10.5 Å². The van der Waals surface area contributed by atoms with Gasteiger partial charge in [-0.15, -0.1) is 11.3 Å². The molecular formula is C17H22N3O5S+. The first kappa shape index (κ1) is 18.5. The minimum Gasteiger partial charge on any atom is -0.469 e. The summed E-state index contributed by atoms with van der Waals surface area (Å²) >= 11 is 1.08. The molecule has 9 heteroatoms. The number of hydrogen-bond donors (Lipinski definition) is 2. The van der Waals surface area contributed by atoms with E-state index in [9.17, 15) is 14.4 Å². The minimum absolute atomic E-state index is 0.178. The first-order valence-electron chi connectivity index (χ1n) is 8.56. The molecule has 1 saturated heterocycles. The number of likely N-dealkylation sites (tertiary alicyclic amines) is 1. The highest BCUT2D eigenvalue weighted by atomic mass is 32.1. The van der Waals surface area contributed by atoms with Crippen molar-refractivity contribution in [2.45, 2.75) is 32.2 Å². The van der Waals surface area contributed by atoms with E-state index in [4.69, 9.17) is 4.74 Å². The molecule has 1 aliphatic heterocycles. The molecule has 1 aliphatic rings. The van der Waals surface area contributed by atoms with Crippen molar-refractivity contribution in [2.24, 2.45) is 0 Å². The number of aromatic nitrogens is 2. The normalized spacial score (nSPS) is 15.2. The van der Waals surface area contributed by atoms with Crippen LogP contribution in [0, 0.1) is 0 Å². The number of aromatic amines is 1. The molecule has 0 aromatic carbocycles.